The van der Waals surface area contributed by atoms with Gasteiger partial charge in [-0.25, -0.2) is 0 Å². The number of piperazine rings is 1. The highest BCUT2D eigenvalue weighted by molar-refractivity contribution is 9.10. The lowest BCUT2D eigenvalue weighted by Gasteiger charge is -2.37. The largest absolute Gasteiger partial charge is 0.484 e. The van der Waals surface area contributed by atoms with E-state index in [9.17, 15) is 9.59 Å². The van der Waals surface area contributed by atoms with Crippen LogP contribution in [0.3, 0.4) is 0 Å². The first-order chi connectivity index (χ1) is 10.8. The van der Waals surface area contributed by atoms with E-state index < -0.39 is 5.54 Å². The number of nitrogens with two attached hydrogens (primary N) is 1. The third-order valence-corrected chi connectivity index (χ3v) is 4.18. The highest BCUT2D eigenvalue weighted by Gasteiger charge is 2.31. The van der Waals surface area contributed by atoms with Crippen molar-refractivity contribution in [2.45, 2.75) is 19.4 Å². The zero-order valence-corrected chi connectivity index (χ0v) is 15.0. The molecular weight excluding hydrogens is 362 g/mol. The average molecular weight is 384 g/mol. The molecule has 0 bridgehead atoms. The first-order valence-electron chi connectivity index (χ1n) is 7.52. The van der Waals surface area contributed by atoms with Gasteiger partial charge in [0.15, 0.2) is 6.61 Å². The molecule has 2 rings (SSSR count). The maximum absolute atomic E-state index is 12.2. The van der Waals surface area contributed by atoms with Gasteiger partial charge in [0.05, 0.1) is 5.54 Å². The van der Waals surface area contributed by atoms with Crippen LogP contribution in [0.25, 0.3) is 0 Å². The normalized spacial score (nSPS) is 15.5. The second kappa shape index (κ2) is 7.31. The molecule has 7 heteroatoms. The van der Waals surface area contributed by atoms with Crippen LogP contribution < -0.4 is 10.5 Å². The lowest BCUT2D eigenvalue weighted by Crippen LogP contribution is -2.58. The fourth-order valence-corrected chi connectivity index (χ4v) is 2.60. The molecule has 1 heterocycles. The van der Waals surface area contributed by atoms with Crippen molar-refractivity contribution in [3.63, 3.8) is 0 Å². The third kappa shape index (κ3) is 4.94. The van der Waals surface area contributed by atoms with Crippen molar-refractivity contribution in [3.8, 4) is 5.75 Å². The molecule has 0 atom stereocenters. The van der Waals surface area contributed by atoms with Gasteiger partial charge < -0.3 is 20.3 Å². The summed E-state index contributed by atoms with van der Waals surface area (Å²) in [5.41, 5.74) is 4.95. The fraction of sp³-hybridized carbons (Fsp3) is 0.500. The van der Waals surface area contributed by atoms with E-state index in [0.29, 0.717) is 31.9 Å². The molecule has 1 saturated heterocycles. The summed E-state index contributed by atoms with van der Waals surface area (Å²) in [7, 11) is 0. The van der Waals surface area contributed by atoms with Crippen molar-refractivity contribution < 1.29 is 14.3 Å². The van der Waals surface area contributed by atoms with Crippen molar-refractivity contribution in [1.82, 2.24) is 9.80 Å². The Hall–Kier alpha value is -1.60. The van der Waals surface area contributed by atoms with Crippen molar-refractivity contribution in [3.05, 3.63) is 28.7 Å². The van der Waals surface area contributed by atoms with Gasteiger partial charge in [0.1, 0.15) is 5.75 Å². The predicted octanol–water partition coefficient (Wildman–Crippen LogP) is 1.24. The molecule has 1 aromatic rings. The maximum atomic E-state index is 12.2. The molecule has 126 valence electrons. The van der Waals surface area contributed by atoms with E-state index in [0.717, 1.165) is 4.47 Å². The number of carbonyl (C=O) groups is 2. The summed E-state index contributed by atoms with van der Waals surface area (Å²) in [6.07, 6.45) is 0. The van der Waals surface area contributed by atoms with Gasteiger partial charge in [-0.1, -0.05) is 15.9 Å². The molecule has 0 saturated carbocycles. The molecule has 0 spiro atoms. The third-order valence-electron chi connectivity index (χ3n) is 3.65. The smallest absolute Gasteiger partial charge is 0.260 e. The average Bonchev–Trinajstić information content (AvgIpc) is 2.52. The molecule has 6 nitrogen and oxygen atoms in total. The number of halogens is 1. The molecule has 1 aliphatic rings. The van der Waals surface area contributed by atoms with E-state index >= 15 is 0 Å². The number of hydrogen-bond donors (Lipinski definition) is 1. The van der Waals surface area contributed by atoms with Crippen LogP contribution in [0, 0.1) is 0 Å². The number of benzene rings is 1. The van der Waals surface area contributed by atoms with Crippen LogP contribution in [-0.4, -0.2) is 59.9 Å². The zero-order valence-electron chi connectivity index (χ0n) is 13.4. The summed E-state index contributed by atoms with van der Waals surface area (Å²) in [5, 5.41) is 0. The molecular formula is C16H22BrN3O3. The number of ether oxygens (including phenoxy) is 1. The van der Waals surface area contributed by atoms with Crippen molar-refractivity contribution in [1.29, 1.82) is 0 Å². The Morgan fingerprint density at radius 1 is 1.13 bits per heavy atom. The minimum absolute atomic E-state index is 0.00202. The minimum Gasteiger partial charge on any atom is -0.484 e. The van der Waals surface area contributed by atoms with Gasteiger partial charge in [0.2, 0.25) is 5.91 Å². The molecule has 1 aliphatic heterocycles. The van der Waals surface area contributed by atoms with Crippen LogP contribution in [0.5, 0.6) is 5.75 Å². The number of carbonyl (C=O) groups excluding carboxylic acids is 2. The number of rotatable bonds is 4. The SMILES string of the molecule is CC(C)(N)C(=O)N1CCN(C(=O)COc2ccc(Br)cc2)CC1. The van der Waals surface area contributed by atoms with Gasteiger partial charge in [-0.2, -0.15) is 0 Å². The molecule has 23 heavy (non-hydrogen) atoms. The number of hydrogen-bond acceptors (Lipinski definition) is 4. The van der Waals surface area contributed by atoms with E-state index in [1.165, 1.54) is 0 Å². The molecule has 2 amide bonds. The van der Waals surface area contributed by atoms with Crippen molar-refractivity contribution in [2.24, 2.45) is 5.73 Å². The Labute approximate surface area is 144 Å². The standard InChI is InChI=1S/C16H22BrN3O3/c1-16(2,18)15(22)20-9-7-19(8-10-20)14(21)11-23-13-5-3-12(17)4-6-13/h3-6H,7-11,18H2,1-2H3. The van der Waals surface area contributed by atoms with Crippen LogP contribution in [0.2, 0.25) is 0 Å². The van der Waals surface area contributed by atoms with Crippen LogP contribution in [0.1, 0.15) is 13.8 Å². The molecule has 1 fully saturated rings. The molecule has 0 unspecified atom stereocenters. The fourth-order valence-electron chi connectivity index (χ4n) is 2.33. The summed E-state index contributed by atoms with van der Waals surface area (Å²) >= 11 is 3.35. The van der Waals surface area contributed by atoms with E-state index in [1.54, 1.807) is 35.8 Å². The van der Waals surface area contributed by atoms with Crippen molar-refractivity contribution >= 4 is 27.7 Å². The van der Waals surface area contributed by atoms with E-state index in [2.05, 4.69) is 15.9 Å². The predicted molar refractivity (Wildman–Crippen MR) is 91.1 cm³/mol. The Kier molecular flexibility index (Phi) is 5.64. The van der Waals surface area contributed by atoms with Gasteiger partial charge in [-0.15, -0.1) is 0 Å². The summed E-state index contributed by atoms with van der Waals surface area (Å²) in [4.78, 5) is 27.7. The second-order valence-corrected chi connectivity index (χ2v) is 7.05. The first kappa shape index (κ1) is 17.7. The van der Waals surface area contributed by atoms with Crippen LogP contribution in [0.4, 0.5) is 0 Å². The minimum atomic E-state index is -0.878. The molecule has 0 aliphatic carbocycles. The number of amides is 2. The Balaban J connectivity index is 1.79. The van der Waals surface area contributed by atoms with Crippen molar-refractivity contribution in [2.75, 3.05) is 32.8 Å². The topological polar surface area (TPSA) is 75.9 Å². The number of nitrogens with zero attached hydrogens (tertiary/aromatic N) is 2. The van der Waals surface area contributed by atoms with Crippen LogP contribution in [-0.2, 0) is 9.59 Å². The van der Waals surface area contributed by atoms with Crippen LogP contribution in [0.15, 0.2) is 28.7 Å². The second-order valence-electron chi connectivity index (χ2n) is 6.14. The maximum Gasteiger partial charge on any atom is 0.260 e. The molecule has 1 aromatic carbocycles. The summed E-state index contributed by atoms with van der Waals surface area (Å²) < 4.78 is 6.45. The van der Waals surface area contributed by atoms with E-state index in [1.807, 2.05) is 12.1 Å². The Bertz CT molecular complexity index is 561. The van der Waals surface area contributed by atoms with E-state index in [4.69, 9.17) is 10.5 Å². The molecule has 0 radical (unpaired) electrons. The molecule has 2 N–H and O–H groups in total. The lowest BCUT2D eigenvalue weighted by molar-refractivity contribution is -0.143. The quantitative estimate of drug-likeness (QED) is 0.848. The highest BCUT2D eigenvalue weighted by Crippen LogP contribution is 2.16. The monoisotopic (exact) mass is 383 g/mol. The summed E-state index contributed by atoms with van der Waals surface area (Å²) in [5.74, 6) is 0.489. The Morgan fingerprint density at radius 2 is 1.65 bits per heavy atom. The summed E-state index contributed by atoms with van der Waals surface area (Å²) in [6.45, 7) is 5.40. The summed E-state index contributed by atoms with van der Waals surface area (Å²) in [6, 6.07) is 7.33. The van der Waals surface area contributed by atoms with E-state index in [-0.39, 0.29) is 18.4 Å². The molecule has 0 aromatic heterocycles. The zero-order chi connectivity index (χ0) is 17.0. The lowest BCUT2D eigenvalue weighted by atomic mass is 10.0. The van der Waals surface area contributed by atoms with Gasteiger partial charge in [-0.3, -0.25) is 9.59 Å². The Morgan fingerprint density at radius 3 is 2.17 bits per heavy atom. The van der Waals surface area contributed by atoms with Crippen LogP contribution >= 0.6 is 15.9 Å². The van der Waals surface area contributed by atoms with Gasteiger partial charge in [-0.05, 0) is 38.1 Å². The van der Waals surface area contributed by atoms with Gasteiger partial charge >= 0.3 is 0 Å². The van der Waals surface area contributed by atoms with Gasteiger partial charge in [0, 0.05) is 30.7 Å². The highest BCUT2D eigenvalue weighted by atomic mass is 79.9. The first-order valence-corrected chi connectivity index (χ1v) is 8.31. The van der Waals surface area contributed by atoms with Gasteiger partial charge in [0.25, 0.3) is 5.91 Å².